The molecule has 0 spiro atoms. The van der Waals surface area contributed by atoms with Gasteiger partial charge in [0.15, 0.2) is 4.80 Å². The van der Waals surface area contributed by atoms with Crippen LogP contribution in [-0.4, -0.2) is 45.4 Å². The largest absolute Gasteiger partial charge is 0.339 e. The van der Waals surface area contributed by atoms with Crippen LogP contribution in [0, 0.1) is 0 Å². The zero-order chi connectivity index (χ0) is 18.5. The van der Waals surface area contributed by atoms with Crippen molar-refractivity contribution in [3.8, 4) is 0 Å². The molecule has 0 N–H and O–H groups in total. The highest BCUT2D eigenvalue weighted by molar-refractivity contribution is 8.00. The minimum Gasteiger partial charge on any atom is -0.339 e. The minimum atomic E-state index is -0.185. The van der Waals surface area contributed by atoms with E-state index in [0.717, 1.165) is 36.0 Å². The van der Waals surface area contributed by atoms with Crippen molar-refractivity contribution in [3.63, 3.8) is 0 Å². The van der Waals surface area contributed by atoms with Crippen molar-refractivity contribution in [1.82, 2.24) is 9.47 Å². The van der Waals surface area contributed by atoms with Gasteiger partial charge in [0, 0.05) is 19.6 Å². The second kappa shape index (κ2) is 8.86. The average Bonchev–Trinajstić information content (AvgIpc) is 2.97. The number of likely N-dealkylation sites (tertiary alicyclic amines) is 1. The van der Waals surface area contributed by atoms with Gasteiger partial charge in [-0.15, -0.1) is 11.8 Å². The summed E-state index contributed by atoms with van der Waals surface area (Å²) in [6.07, 6.45) is 4.40. The molecule has 0 bridgehead atoms. The summed E-state index contributed by atoms with van der Waals surface area (Å²) in [5.74, 6) is 0.568. The van der Waals surface area contributed by atoms with Gasteiger partial charge in [-0.3, -0.25) is 9.59 Å². The number of amides is 2. The van der Waals surface area contributed by atoms with Gasteiger partial charge >= 0.3 is 0 Å². The Morgan fingerprint density at radius 3 is 2.85 bits per heavy atom. The number of hydrogen-bond acceptors (Lipinski definition) is 4. The predicted octanol–water partition coefficient (Wildman–Crippen LogP) is 3.19. The van der Waals surface area contributed by atoms with Gasteiger partial charge in [0.2, 0.25) is 5.91 Å². The van der Waals surface area contributed by atoms with Gasteiger partial charge in [0.25, 0.3) is 5.91 Å². The van der Waals surface area contributed by atoms with Crippen LogP contribution in [-0.2, 0) is 16.6 Å². The summed E-state index contributed by atoms with van der Waals surface area (Å²) in [4.78, 5) is 31.6. The van der Waals surface area contributed by atoms with Crippen LogP contribution in [0.3, 0.4) is 0 Å². The van der Waals surface area contributed by atoms with Crippen molar-refractivity contribution in [2.24, 2.45) is 12.0 Å². The summed E-state index contributed by atoms with van der Waals surface area (Å²) in [6, 6.07) is 8.38. The number of piperidine rings is 1. The lowest BCUT2D eigenvalue weighted by atomic mass is 10.0. The molecule has 1 fully saturated rings. The second-order valence-electron chi connectivity index (χ2n) is 6.55. The average molecular weight is 392 g/mol. The maximum atomic E-state index is 12.4. The number of aryl methyl sites for hydroxylation is 1. The van der Waals surface area contributed by atoms with Crippen LogP contribution in [0.1, 0.15) is 32.6 Å². The van der Waals surface area contributed by atoms with Gasteiger partial charge < -0.3 is 9.47 Å². The molecule has 140 valence electrons. The Labute approximate surface area is 162 Å². The van der Waals surface area contributed by atoms with E-state index in [2.05, 4.69) is 11.9 Å². The van der Waals surface area contributed by atoms with Crippen LogP contribution in [0.15, 0.2) is 29.3 Å². The molecule has 1 saturated heterocycles. The van der Waals surface area contributed by atoms with Crippen molar-refractivity contribution < 1.29 is 9.59 Å². The lowest BCUT2D eigenvalue weighted by molar-refractivity contribution is -0.132. The van der Waals surface area contributed by atoms with Gasteiger partial charge in [0.05, 0.1) is 21.7 Å². The van der Waals surface area contributed by atoms with Gasteiger partial charge in [-0.1, -0.05) is 30.4 Å². The van der Waals surface area contributed by atoms with Crippen molar-refractivity contribution in [3.05, 3.63) is 29.1 Å². The number of thiazole rings is 1. The molecule has 0 aliphatic carbocycles. The summed E-state index contributed by atoms with van der Waals surface area (Å²) in [5, 5.41) is 0. The Balaban J connectivity index is 1.57. The maximum absolute atomic E-state index is 12.4. The SMILES string of the molecule is CCC1CCCCN1C(=O)CSCC(=O)N=c1sc2ccccc2n1C. The molecular formula is C19H25N3O2S2. The Morgan fingerprint density at radius 2 is 2.08 bits per heavy atom. The van der Waals surface area contributed by atoms with Crippen LogP contribution < -0.4 is 4.80 Å². The molecule has 2 heterocycles. The molecule has 1 unspecified atom stereocenters. The van der Waals surface area contributed by atoms with E-state index >= 15 is 0 Å². The van der Waals surface area contributed by atoms with E-state index in [4.69, 9.17) is 0 Å². The Hall–Kier alpha value is -1.60. The molecule has 3 rings (SSSR count). The number of benzene rings is 1. The molecule has 1 atom stereocenters. The van der Waals surface area contributed by atoms with E-state index in [-0.39, 0.29) is 17.6 Å². The third-order valence-corrected chi connectivity index (χ3v) is 6.82. The topological polar surface area (TPSA) is 54.7 Å². The van der Waals surface area contributed by atoms with Crippen molar-refractivity contribution in [2.75, 3.05) is 18.1 Å². The van der Waals surface area contributed by atoms with Gasteiger partial charge in [-0.25, -0.2) is 0 Å². The highest BCUT2D eigenvalue weighted by Gasteiger charge is 2.24. The summed E-state index contributed by atoms with van der Waals surface area (Å²) >= 11 is 2.88. The summed E-state index contributed by atoms with van der Waals surface area (Å²) in [5.41, 5.74) is 1.07. The maximum Gasteiger partial charge on any atom is 0.258 e. The lowest BCUT2D eigenvalue weighted by Gasteiger charge is -2.35. The quantitative estimate of drug-likeness (QED) is 0.787. The van der Waals surface area contributed by atoms with Gasteiger partial charge in [-0.05, 0) is 37.8 Å². The van der Waals surface area contributed by atoms with Crippen LogP contribution >= 0.6 is 23.1 Å². The third kappa shape index (κ3) is 4.38. The predicted molar refractivity (Wildman–Crippen MR) is 108 cm³/mol. The van der Waals surface area contributed by atoms with Crippen molar-refractivity contribution >= 4 is 45.1 Å². The standard InChI is InChI=1S/C19H25N3O2S2/c1-3-14-8-6-7-11-22(14)18(24)13-25-12-17(23)20-19-21(2)15-9-4-5-10-16(15)26-19/h4-5,9-10,14H,3,6-8,11-13H2,1-2H3. The number of carbonyl (C=O) groups excluding carboxylic acids is 2. The molecule has 0 radical (unpaired) electrons. The minimum absolute atomic E-state index is 0.154. The van der Waals surface area contributed by atoms with Gasteiger partial charge in [0.1, 0.15) is 0 Å². The van der Waals surface area contributed by atoms with E-state index in [1.807, 2.05) is 40.8 Å². The smallest absolute Gasteiger partial charge is 0.258 e. The lowest BCUT2D eigenvalue weighted by Crippen LogP contribution is -2.44. The van der Waals surface area contributed by atoms with E-state index < -0.39 is 0 Å². The van der Waals surface area contributed by atoms with Crippen LogP contribution in [0.25, 0.3) is 10.2 Å². The molecule has 2 aromatic rings. The van der Waals surface area contributed by atoms with Crippen LogP contribution in [0.4, 0.5) is 0 Å². The van der Waals surface area contributed by atoms with Crippen LogP contribution in [0.5, 0.6) is 0 Å². The highest BCUT2D eigenvalue weighted by atomic mass is 32.2. The number of thioether (sulfide) groups is 1. The first kappa shape index (κ1) is 19.2. The molecule has 2 amide bonds. The number of rotatable bonds is 5. The molecule has 1 aliphatic heterocycles. The third-order valence-electron chi connectivity index (χ3n) is 4.80. The first-order valence-corrected chi connectivity index (χ1v) is 11.1. The summed E-state index contributed by atoms with van der Waals surface area (Å²) in [7, 11) is 1.92. The molecule has 5 nitrogen and oxygen atoms in total. The Bertz CT molecular complexity index is 856. The number of hydrogen-bond donors (Lipinski definition) is 0. The Kier molecular flexibility index (Phi) is 6.53. The van der Waals surface area contributed by atoms with Crippen molar-refractivity contribution in [1.29, 1.82) is 0 Å². The molecule has 1 aliphatic rings. The van der Waals surface area contributed by atoms with E-state index in [9.17, 15) is 9.59 Å². The normalized spacial score (nSPS) is 18.5. The molecule has 1 aromatic heterocycles. The fourth-order valence-electron chi connectivity index (χ4n) is 3.39. The van der Waals surface area contributed by atoms with Gasteiger partial charge in [-0.2, -0.15) is 4.99 Å². The molecule has 7 heteroatoms. The van der Waals surface area contributed by atoms with Crippen molar-refractivity contribution in [2.45, 2.75) is 38.6 Å². The fourth-order valence-corrected chi connectivity index (χ4v) is 5.11. The Morgan fingerprint density at radius 1 is 1.27 bits per heavy atom. The summed E-state index contributed by atoms with van der Waals surface area (Å²) < 4.78 is 3.05. The number of aromatic nitrogens is 1. The molecular weight excluding hydrogens is 366 g/mol. The highest BCUT2D eigenvalue weighted by Crippen LogP contribution is 2.20. The first-order valence-electron chi connectivity index (χ1n) is 9.09. The molecule has 26 heavy (non-hydrogen) atoms. The zero-order valence-corrected chi connectivity index (χ0v) is 16.9. The van der Waals surface area contributed by atoms with E-state index in [0.29, 0.717) is 16.6 Å². The number of para-hydroxylation sites is 1. The molecule has 0 saturated carbocycles. The molecule has 1 aromatic carbocycles. The van der Waals surface area contributed by atoms with Crippen LogP contribution in [0.2, 0.25) is 0 Å². The van der Waals surface area contributed by atoms with E-state index in [1.165, 1.54) is 29.5 Å². The number of fused-ring (bicyclic) bond motifs is 1. The number of carbonyl (C=O) groups is 2. The first-order chi connectivity index (χ1) is 12.6. The summed E-state index contributed by atoms with van der Waals surface area (Å²) in [6.45, 7) is 2.99. The zero-order valence-electron chi connectivity index (χ0n) is 15.3. The van der Waals surface area contributed by atoms with E-state index in [1.54, 1.807) is 0 Å². The number of nitrogens with zero attached hydrogens (tertiary/aromatic N) is 3. The fraction of sp³-hybridized carbons (Fsp3) is 0.526. The monoisotopic (exact) mass is 391 g/mol. The second-order valence-corrected chi connectivity index (χ2v) is 8.55.